The highest BCUT2D eigenvalue weighted by atomic mass is 32.2. The Morgan fingerprint density at radius 2 is 1.55 bits per heavy atom. The molecule has 1 aliphatic carbocycles. The zero-order valence-corrected chi connectivity index (χ0v) is 45.7. The van der Waals surface area contributed by atoms with Gasteiger partial charge in [-0.1, -0.05) is 74.5 Å². The number of hydrogen-bond acceptors (Lipinski definition) is 12. The molecule has 0 aromatic heterocycles. The molecule has 8 rings (SSSR count). The molecule has 17 heteroatoms. The average molecular weight is 1070 g/mol. The van der Waals surface area contributed by atoms with Gasteiger partial charge in [0.25, 0.3) is 5.91 Å². The quantitative estimate of drug-likeness (QED) is 0.0216. The molecule has 1 saturated heterocycles. The lowest BCUT2D eigenvalue weighted by Gasteiger charge is -2.29. The SMILES string of the molecule is C[C@@H](NC(=O)c1ccc(NNC(=O)CCCCC[N+]2=C(/C=C/C3=C(Oc4ccccc4)C(=C/C=C4/N(CCCCS(=O)(=O)[O-])c5ccccc5C4(C)C)/CCC3)C(C)(C)c3ccccc32)cc1)C(=O)N1CCC[C@H]1N(O)O. The third kappa shape index (κ3) is 13.5. The zero-order chi connectivity index (χ0) is 54.9. The van der Waals surface area contributed by atoms with Crippen LogP contribution in [0.5, 0.6) is 5.75 Å². The standard InChI is InChI=1S/C60H73N7O9S/c1-42(58(70)66-40-19-29-55(66)67(71)72)61-57(69)45-30-34-46(35-31-45)62-63-54(68)28-10-7-15-38-64-50-26-13-11-24-48(50)59(2,3)52(64)36-32-43-20-18-21-44(56(43)76-47-22-8-6-9-23-47)33-37-53-60(4,5)49-25-12-14-27-51(49)65(53)39-16-17-41-77(73,74)75/h6,8-9,11-14,22-27,30-37,42,55,71-72H,7,10,15-21,28-29,38-41H2,1-5H3,(H3-,61,62,63,68,69,73,74,75)/t42-,55-/m1/s1. The van der Waals surface area contributed by atoms with E-state index in [2.05, 4.69) is 114 Å². The minimum absolute atomic E-state index is 0.0358. The first-order valence-corrected chi connectivity index (χ1v) is 28.5. The average Bonchev–Trinajstić information content (AvgIpc) is 4.05. The summed E-state index contributed by atoms with van der Waals surface area (Å²) in [6.45, 7) is 12.2. The molecule has 0 bridgehead atoms. The molecule has 4 aromatic rings. The maximum absolute atomic E-state index is 13.0. The van der Waals surface area contributed by atoms with E-state index >= 15 is 0 Å². The highest BCUT2D eigenvalue weighted by Crippen LogP contribution is 2.48. The molecule has 4 aromatic carbocycles. The number of hydroxylamine groups is 2. The highest BCUT2D eigenvalue weighted by Gasteiger charge is 2.44. The Hall–Kier alpha value is -6.89. The number of carbonyl (C=O) groups excluding carboxylic acids is 3. The van der Waals surface area contributed by atoms with Gasteiger partial charge in [0.1, 0.15) is 30.3 Å². The van der Waals surface area contributed by atoms with Crippen molar-refractivity contribution in [2.75, 3.05) is 35.7 Å². The number of amides is 3. The van der Waals surface area contributed by atoms with Crippen molar-refractivity contribution in [1.29, 1.82) is 0 Å². The van der Waals surface area contributed by atoms with Gasteiger partial charge in [-0.05, 0) is 155 Å². The van der Waals surface area contributed by atoms with Crippen LogP contribution in [0, 0.1) is 0 Å². The fourth-order valence-corrected chi connectivity index (χ4v) is 11.7. The van der Waals surface area contributed by atoms with Gasteiger partial charge >= 0.3 is 0 Å². The van der Waals surface area contributed by atoms with Crippen LogP contribution in [0.4, 0.5) is 17.1 Å². The van der Waals surface area contributed by atoms with Gasteiger partial charge in [-0.25, -0.2) is 8.42 Å². The maximum atomic E-state index is 13.0. The number of rotatable bonds is 22. The molecule has 16 nitrogen and oxygen atoms in total. The molecule has 0 unspecified atom stereocenters. The molecular weight excluding hydrogens is 995 g/mol. The Balaban J connectivity index is 0.930. The van der Waals surface area contributed by atoms with Crippen molar-refractivity contribution in [3.8, 4) is 5.75 Å². The second kappa shape index (κ2) is 24.6. The fraction of sp³-hybridized carbons (Fsp3) is 0.400. The number of unbranched alkanes of at least 4 members (excludes halogenated alkanes) is 3. The van der Waals surface area contributed by atoms with Crippen LogP contribution in [-0.2, 0) is 30.5 Å². The van der Waals surface area contributed by atoms with Crippen molar-refractivity contribution in [2.45, 2.75) is 128 Å². The van der Waals surface area contributed by atoms with Gasteiger partial charge in [0, 0.05) is 71.8 Å². The Morgan fingerprint density at radius 1 is 0.831 bits per heavy atom. The molecule has 5 N–H and O–H groups in total. The van der Waals surface area contributed by atoms with Crippen LogP contribution in [0.1, 0.15) is 127 Å². The lowest BCUT2D eigenvalue weighted by Crippen LogP contribution is -2.52. The summed E-state index contributed by atoms with van der Waals surface area (Å²) >= 11 is 0. The number of nitrogens with zero attached hydrogens (tertiary/aromatic N) is 4. The molecule has 3 amide bonds. The predicted octanol–water partition coefficient (Wildman–Crippen LogP) is 9.92. The molecule has 3 heterocycles. The first-order chi connectivity index (χ1) is 36.8. The van der Waals surface area contributed by atoms with Crippen LogP contribution in [0.3, 0.4) is 0 Å². The second-order valence-corrected chi connectivity index (χ2v) is 22.9. The number of hydrogen-bond donors (Lipinski definition) is 5. The van der Waals surface area contributed by atoms with E-state index in [1.807, 2.05) is 42.5 Å². The third-order valence-corrected chi connectivity index (χ3v) is 16.0. The van der Waals surface area contributed by atoms with Crippen LogP contribution < -0.4 is 25.8 Å². The minimum Gasteiger partial charge on any atom is -0.748 e. The maximum Gasteiger partial charge on any atom is 0.251 e. The van der Waals surface area contributed by atoms with Crippen LogP contribution in [0.2, 0.25) is 0 Å². The van der Waals surface area contributed by atoms with E-state index in [1.165, 1.54) is 27.4 Å². The molecule has 3 aliphatic heterocycles. The number of nitrogens with one attached hydrogen (secondary N) is 3. The molecule has 77 heavy (non-hydrogen) atoms. The molecule has 2 atom stereocenters. The van der Waals surface area contributed by atoms with Gasteiger partial charge in [-0.15, -0.1) is 0 Å². The summed E-state index contributed by atoms with van der Waals surface area (Å²) in [6.07, 6.45) is 15.2. The molecule has 4 aliphatic rings. The predicted molar refractivity (Wildman–Crippen MR) is 297 cm³/mol. The van der Waals surface area contributed by atoms with Gasteiger partial charge in [-0.3, -0.25) is 35.6 Å². The van der Waals surface area contributed by atoms with E-state index in [0.717, 1.165) is 72.7 Å². The van der Waals surface area contributed by atoms with Gasteiger partial charge in [0.2, 0.25) is 17.5 Å². The second-order valence-electron chi connectivity index (χ2n) is 21.4. The van der Waals surface area contributed by atoms with Crippen molar-refractivity contribution in [1.82, 2.24) is 20.9 Å². The first kappa shape index (κ1) is 56.3. The van der Waals surface area contributed by atoms with Crippen molar-refractivity contribution < 1.29 is 47.1 Å². The number of anilines is 2. The van der Waals surface area contributed by atoms with E-state index in [9.17, 15) is 37.8 Å². The Morgan fingerprint density at radius 3 is 2.29 bits per heavy atom. The lowest BCUT2D eigenvalue weighted by atomic mass is 9.81. The van der Waals surface area contributed by atoms with Gasteiger partial charge < -0.3 is 24.4 Å². The largest absolute Gasteiger partial charge is 0.748 e. The number of carbonyl (C=O) groups is 3. The van der Waals surface area contributed by atoms with E-state index in [-0.39, 0.29) is 27.7 Å². The molecule has 0 spiro atoms. The van der Waals surface area contributed by atoms with Crippen LogP contribution >= 0.6 is 0 Å². The zero-order valence-electron chi connectivity index (χ0n) is 44.8. The molecular formula is C60H73N7O9S. The number of likely N-dealkylation sites (tertiary alicyclic amines) is 1. The van der Waals surface area contributed by atoms with Crippen LogP contribution in [-0.4, -0.2) is 99.1 Å². The number of benzene rings is 4. The summed E-state index contributed by atoms with van der Waals surface area (Å²) in [5, 5.41) is 21.7. The summed E-state index contributed by atoms with van der Waals surface area (Å²) in [6, 6.07) is 32.4. The summed E-state index contributed by atoms with van der Waals surface area (Å²) < 4.78 is 43.6. The Bertz CT molecular complexity index is 3070. The van der Waals surface area contributed by atoms with Gasteiger partial charge in [-0.2, -0.15) is 4.58 Å². The third-order valence-electron chi connectivity index (χ3n) is 15.2. The van der Waals surface area contributed by atoms with Gasteiger partial charge in [0.05, 0.1) is 21.2 Å². The van der Waals surface area contributed by atoms with Crippen molar-refractivity contribution >= 4 is 50.6 Å². The van der Waals surface area contributed by atoms with Crippen LogP contribution in [0.15, 0.2) is 150 Å². The number of para-hydroxylation sites is 3. The number of ether oxygens (including phenoxy) is 1. The smallest absolute Gasteiger partial charge is 0.251 e. The van der Waals surface area contributed by atoms with E-state index in [1.54, 1.807) is 31.2 Å². The molecule has 0 saturated carbocycles. The Kier molecular flexibility index (Phi) is 18.0. The lowest BCUT2D eigenvalue weighted by molar-refractivity contribution is -0.438. The number of allylic oxidation sites excluding steroid dienone is 7. The summed E-state index contributed by atoms with van der Waals surface area (Å²) in [7, 11) is -4.29. The van der Waals surface area contributed by atoms with Crippen molar-refractivity contribution in [3.63, 3.8) is 0 Å². The molecule has 408 valence electrons. The Labute approximate surface area is 453 Å². The molecule has 1 fully saturated rings. The topological polar surface area (TPSA) is 207 Å². The van der Waals surface area contributed by atoms with E-state index in [4.69, 9.17) is 4.74 Å². The fourth-order valence-electron chi connectivity index (χ4n) is 11.1. The summed E-state index contributed by atoms with van der Waals surface area (Å²) in [4.78, 5) is 42.4. The highest BCUT2D eigenvalue weighted by molar-refractivity contribution is 7.85. The van der Waals surface area contributed by atoms with E-state index < -0.39 is 34.1 Å². The first-order valence-electron chi connectivity index (χ1n) is 26.9. The number of fused-ring (bicyclic) bond motifs is 2. The summed E-state index contributed by atoms with van der Waals surface area (Å²) in [5.74, 6) is 0.177. The normalized spacial score (nSPS) is 19.3. The molecule has 0 radical (unpaired) electrons. The monoisotopic (exact) mass is 1070 g/mol. The van der Waals surface area contributed by atoms with E-state index in [0.29, 0.717) is 62.9 Å². The minimum atomic E-state index is -4.29. The van der Waals surface area contributed by atoms with Gasteiger partial charge in [0.15, 0.2) is 5.71 Å². The van der Waals surface area contributed by atoms with Crippen molar-refractivity contribution in [3.05, 3.63) is 167 Å². The van der Waals surface area contributed by atoms with Crippen LogP contribution in [0.25, 0.3) is 0 Å². The number of hydrazine groups is 1. The summed E-state index contributed by atoms with van der Waals surface area (Å²) in [5.41, 5.74) is 15.1. The van der Waals surface area contributed by atoms with Crippen molar-refractivity contribution in [2.24, 2.45) is 0 Å².